The highest BCUT2D eigenvalue weighted by atomic mass is 19.1. The van der Waals surface area contributed by atoms with Gasteiger partial charge in [-0.25, -0.2) is 4.39 Å². The number of pyridine rings is 1. The molecule has 0 spiro atoms. The fourth-order valence-electron chi connectivity index (χ4n) is 3.90. The van der Waals surface area contributed by atoms with E-state index in [1.807, 2.05) is 25.1 Å². The number of likely N-dealkylation sites (tertiary alicyclic amines) is 1. The van der Waals surface area contributed by atoms with Crippen molar-refractivity contribution in [1.82, 2.24) is 9.88 Å². The molecule has 3 aromatic rings. The first kappa shape index (κ1) is 20.2. The van der Waals surface area contributed by atoms with Crippen LogP contribution in [0.4, 0.5) is 10.1 Å². The summed E-state index contributed by atoms with van der Waals surface area (Å²) in [6, 6.07) is 23.3. The molecule has 0 aliphatic carbocycles. The van der Waals surface area contributed by atoms with Crippen LogP contribution in [0.15, 0.2) is 84.1 Å². The fraction of sp³-hybridized carbons (Fsp3) is 0.280. The zero-order valence-corrected chi connectivity index (χ0v) is 17.3. The minimum atomic E-state index is -0.234. The van der Waals surface area contributed by atoms with Crippen molar-refractivity contribution < 1.29 is 4.39 Å². The maximum Gasteiger partial charge on any atom is 0.123 e. The standard InChI is InChI=1S/C25H27FN4/c1-20(25-9-5-6-16-27-25)28-30(23-12-10-22(26)11-13-23)24-14-17-29(18-15-24)19-21-7-3-2-4-8-21/h2-13,16,24H,14-15,17-19H2,1H3. The molecule has 1 aliphatic rings. The van der Waals surface area contributed by atoms with Crippen LogP contribution in [0.5, 0.6) is 0 Å². The molecule has 154 valence electrons. The lowest BCUT2D eigenvalue weighted by Crippen LogP contribution is -2.43. The molecule has 1 aromatic heterocycles. The number of piperidine rings is 1. The minimum absolute atomic E-state index is 0.234. The molecule has 1 fully saturated rings. The van der Waals surface area contributed by atoms with Crippen LogP contribution in [0.3, 0.4) is 0 Å². The third-order valence-corrected chi connectivity index (χ3v) is 5.54. The molecule has 2 aromatic carbocycles. The van der Waals surface area contributed by atoms with E-state index >= 15 is 0 Å². The van der Waals surface area contributed by atoms with E-state index in [0.717, 1.165) is 49.6 Å². The second kappa shape index (κ2) is 9.63. The largest absolute Gasteiger partial charge is 0.299 e. The van der Waals surface area contributed by atoms with E-state index < -0.39 is 0 Å². The summed E-state index contributed by atoms with van der Waals surface area (Å²) >= 11 is 0. The van der Waals surface area contributed by atoms with Crippen LogP contribution >= 0.6 is 0 Å². The van der Waals surface area contributed by atoms with E-state index in [2.05, 4.69) is 45.2 Å². The lowest BCUT2D eigenvalue weighted by Gasteiger charge is -2.37. The predicted molar refractivity (Wildman–Crippen MR) is 120 cm³/mol. The molecule has 2 heterocycles. The molecule has 0 radical (unpaired) electrons. The third kappa shape index (κ3) is 5.10. The number of hydrazone groups is 1. The average molecular weight is 403 g/mol. The monoisotopic (exact) mass is 402 g/mol. The van der Waals surface area contributed by atoms with Gasteiger partial charge in [-0.1, -0.05) is 36.4 Å². The summed E-state index contributed by atoms with van der Waals surface area (Å²) in [5, 5.41) is 6.98. The van der Waals surface area contributed by atoms with Gasteiger partial charge >= 0.3 is 0 Å². The lowest BCUT2D eigenvalue weighted by molar-refractivity contribution is 0.201. The molecular weight excluding hydrogens is 375 g/mol. The molecule has 5 heteroatoms. The van der Waals surface area contributed by atoms with Gasteiger partial charge in [-0.05, 0) is 61.7 Å². The number of benzene rings is 2. The zero-order valence-electron chi connectivity index (χ0n) is 17.3. The van der Waals surface area contributed by atoms with Gasteiger partial charge in [0, 0.05) is 25.8 Å². The van der Waals surface area contributed by atoms with Crippen LogP contribution in [-0.4, -0.2) is 34.7 Å². The van der Waals surface area contributed by atoms with Crippen LogP contribution in [0.1, 0.15) is 31.0 Å². The van der Waals surface area contributed by atoms with E-state index in [9.17, 15) is 4.39 Å². The van der Waals surface area contributed by atoms with Gasteiger partial charge in [-0.3, -0.25) is 14.9 Å². The van der Waals surface area contributed by atoms with Gasteiger partial charge in [0.05, 0.1) is 23.1 Å². The number of anilines is 1. The van der Waals surface area contributed by atoms with Crippen molar-refractivity contribution in [2.45, 2.75) is 32.4 Å². The Hall–Kier alpha value is -3.05. The molecule has 0 saturated carbocycles. The first-order valence-corrected chi connectivity index (χ1v) is 10.5. The number of aromatic nitrogens is 1. The van der Waals surface area contributed by atoms with E-state index in [1.54, 1.807) is 18.3 Å². The summed E-state index contributed by atoms with van der Waals surface area (Å²) in [5.74, 6) is -0.234. The quantitative estimate of drug-likeness (QED) is 0.424. The highest BCUT2D eigenvalue weighted by Gasteiger charge is 2.25. The molecular formula is C25H27FN4. The van der Waals surface area contributed by atoms with Gasteiger partial charge < -0.3 is 0 Å². The van der Waals surface area contributed by atoms with Crippen LogP contribution in [0, 0.1) is 5.82 Å². The van der Waals surface area contributed by atoms with E-state index in [0.29, 0.717) is 0 Å². The van der Waals surface area contributed by atoms with Gasteiger partial charge in [0.25, 0.3) is 0 Å². The van der Waals surface area contributed by atoms with Gasteiger partial charge in [0.1, 0.15) is 5.82 Å². The van der Waals surface area contributed by atoms with E-state index in [-0.39, 0.29) is 11.9 Å². The van der Waals surface area contributed by atoms with Crippen LogP contribution in [-0.2, 0) is 6.54 Å². The molecule has 4 rings (SSSR count). The highest BCUT2D eigenvalue weighted by molar-refractivity contribution is 5.97. The van der Waals surface area contributed by atoms with Gasteiger partial charge in [0.2, 0.25) is 0 Å². The second-order valence-corrected chi connectivity index (χ2v) is 7.71. The van der Waals surface area contributed by atoms with Crippen LogP contribution in [0.25, 0.3) is 0 Å². The molecule has 0 N–H and O–H groups in total. The van der Waals surface area contributed by atoms with Crippen LogP contribution in [0.2, 0.25) is 0 Å². The SMILES string of the molecule is CC(=NN(c1ccc(F)cc1)C1CCN(Cc2ccccc2)CC1)c1ccccn1. The minimum Gasteiger partial charge on any atom is -0.299 e. The van der Waals surface area contributed by atoms with Crippen molar-refractivity contribution in [3.63, 3.8) is 0 Å². The second-order valence-electron chi connectivity index (χ2n) is 7.71. The Kier molecular flexibility index (Phi) is 6.50. The number of nitrogens with zero attached hydrogens (tertiary/aromatic N) is 4. The summed E-state index contributed by atoms with van der Waals surface area (Å²) in [7, 11) is 0. The van der Waals surface area contributed by atoms with Crippen molar-refractivity contribution in [1.29, 1.82) is 0 Å². The Morgan fingerprint density at radius 3 is 2.37 bits per heavy atom. The molecule has 1 saturated heterocycles. The zero-order chi connectivity index (χ0) is 20.8. The smallest absolute Gasteiger partial charge is 0.123 e. The van der Waals surface area contributed by atoms with Crippen molar-refractivity contribution in [3.8, 4) is 0 Å². The first-order chi connectivity index (χ1) is 14.7. The topological polar surface area (TPSA) is 31.7 Å². The number of halogens is 1. The Morgan fingerprint density at radius 2 is 1.70 bits per heavy atom. The summed E-state index contributed by atoms with van der Waals surface area (Å²) in [5.41, 5.74) is 3.96. The molecule has 0 amide bonds. The Bertz CT molecular complexity index is 949. The third-order valence-electron chi connectivity index (χ3n) is 5.54. The van der Waals surface area contributed by atoms with Crippen molar-refractivity contribution in [3.05, 3.63) is 96.1 Å². The van der Waals surface area contributed by atoms with E-state index in [4.69, 9.17) is 5.10 Å². The molecule has 4 nitrogen and oxygen atoms in total. The lowest BCUT2D eigenvalue weighted by atomic mass is 10.0. The Labute approximate surface area is 177 Å². The molecule has 0 atom stereocenters. The number of hydrogen-bond donors (Lipinski definition) is 0. The normalized spacial score (nSPS) is 15.9. The summed E-state index contributed by atoms with van der Waals surface area (Å²) in [4.78, 5) is 6.91. The van der Waals surface area contributed by atoms with Crippen molar-refractivity contribution >= 4 is 11.4 Å². The molecule has 1 aliphatic heterocycles. The van der Waals surface area contributed by atoms with E-state index in [1.165, 1.54) is 17.7 Å². The summed E-state index contributed by atoms with van der Waals surface area (Å²) in [6.07, 6.45) is 3.78. The molecule has 0 unspecified atom stereocenters. The van der Waals surface area contributed by atoms with Gasteiger partial charge in [-0.2, -0.15) is 5.10 Å². The summed E-state index contributed by atoms with van der Waals surface area (Å²) < 4.78 is 13.5. The van der Waals surface area contributed by atoms with Gasteiger partial charge in [0.15, 0.2) is 0 Å². The fourth-order valence-corrected chi connectivity index (χ4v) is 3.90. The maximum atomic E-state index is 13.5. The van der Waals surface area contributed by atoms with Crippen LogP contribution < -0.4 is 5.01 Å². The number of hydrogen-bond acceptors (Lipinski definition) is 4. The van der Waals surface area contributed by atoms with Crippen molar-refractivity contribution in [2.75, 3.05) is 18.1 Å². The maximum absolute atomic E-state index is 13.5. The average Bonchev–Trinajstić information content (AvgIpc) is 2.80. The Morgan fingerprint density at radius 1 is 1.00 bits per heavy atom. The molecule has 30 heavy (non-hydrogen) atoms. The predicted octanol–water partition coefficient (Wildman–Crippen LogP) is 5.12. The van der Waals surface area contributed by atoms with Gasteiger partial charge in [-0.15, -0.1) is 0 Å². The summed E-state index contributed by atoms with van der Waals surface area (Å²) in [6.45, 7) is 4.97. The van der Waals surface area contributed by atoms with Crippen molar-refractivity contribution in [2.24, 2.45) is 5.10 Å². The first-order valence-electron chi connectivity index (χ1n) is 10.5. The highest BCUT2D eigenvalue weighted by Crippen LogP contribution is 2.26. The Balaban J connectivity index is 1.51. The molecule has 0 bridgehead atoms. The number of rotatable bonds is 6.